The van der Waals surface area contributed by atoms with Gasteiger partial charge in [-0.15, -0.1) is 0 Å². The van der Waals surface area contributed by atoms with Crippen molar-refractivity contribution in [3.8, 4) is 0 Å². The maximum atomic E-state index is 13.7. The van der Waals surface area contributed by atoms with Crippen molar-refractivity contribution >= 4 is 14.7 Å². The highest BCUT2D eigenvalue weighted by Gasteiger charge is 2.94. The number of carbonyl (C=O) groups excluding carboxylic acids is 1. The fourth-order valence-electron chi connectivity index (χ4n) is 2.35. The second kappa shape index (κ2) is 10.3. The van der Waals surface area contributed by atoms with E-state index in [1.54, 1.807) is 0 Å². The summed E-state index contributed by atoms with van der Waals surface area (Å²) in [7, 11) is -0.680. The van der Waals surface area contributed by atoms with Gasteiger partial charge in [0, 0.05) is 27.4 Å². The molecule has 0 aliphatic heterocycles. The zero-order valence-electron chi connectivity index (χ0n) is 17.7. The van der Waals surface area contributed by atoms with Crippen molar-refractivity contribution in [1.82, 2.24) is 5.12 Å². The van der Waals surface area contributed by atoms with Gasteiger partial charge in [-0.3, -0.25) is 4.79 Å². The first-order valence-electron chi connectivity index (χ1n) is 8.69. The van der Waals surface area contributed by atoms with Gasteiger partial charge in [0.1, 0.15) is 0 Å². The number of rotatable bonds is 13. The predicted octanol–water partition coefficient (Wildman–Crippen LogP) is 5.34. The van der Waals surface area contributed by atoms with E-state index in [0.29, 0.717) is 0 Å². The van der Waals surface area contributed by atoms with E-state index in [1.807, 2.05) is 0 Å². The van der Waals surface area contributed by atoms with Gasteiger partial charge in [-0.25, -0.2) is 0 Å². The molecule has 0 saturated carbocycles. The summed E-state index contributed by atoms with van der Waals surface area (Å²) in [6.07, 6.45) is -8.63. The summed E-state index contributed by atoms with van der Waals surface area (Å²) in [5.41, 5.74) is 0. The third kappa shape index (κ3) is 5.21. The number of carbonyl (C=O) groups is 1. The minimum Gasteiger partial charge on any atom is -0.377 e. The molecule has 216 valence electrons. The lowest BCUT2D eigenvalue weighted by molar-refractivity contribution is -0.450. The van der Waals surface area contributed by atoms with Crippen molar-refractivity contribution in [2.75, 3.05) is 27.9 Å². The summed E-state index contributed by atoms with van der Waals surface area (Å²) in [6, 6.07) is -0.556. The van der Waals surface area contributed by atoms with E-state index in [-0.39, 0.29) is 0 Å². The normalized spacial score (nSPS) is 15.3. The Kier molecular flexibility index (Phi) is 9.86. The first-order valence-corrected chi connectivity index (χ1v) is 10.6. The Hall–Kier alpha value is -1.55. The lowest BCUT2D eigenvalue weighted by atomic mass is 9.91. The van der Waals surface area contributed by atoms with Crippen LogP contribution in [0.1, 0.15) is 6.42 Å². The van der Waals surface area contributed by atoms with Crippen LogP contribution in [0.4, 0.5) is 70.3 Å². The summed E-state index contributed by atoms with van der Waals surface area (Å²) < 4.78 is 225. The molecule has 0 saturated heterocycles. The standard InChI is InChI=1S/C14H15F16NO4Si/c1-33-36(34-2,35-3)6-4-5-31(30)7(32)8(15,16)9(17,18)10(19,20)11(21,22)12(23,24)13(25,26)14(27,28)29/h4-6H2,1-3H3. The predicted molar refractivity (Wildman–Crippen MR) is 84.8 cm³/mol. The van der Waals surface area contributed by atoms with E-state index in [1.165, 1.54) is 0 Å². The van der Waals surface area contributed by atoms with Gasteiger partial charge in [-0.05, 0) is 6.42 Å². The van der Waals surface area contributed by atoms with Gasteiger partial charge in [-0.1, -0.05) is 4.48 Å². The Labute approximate surface area is 191 Å². The van der Waals surface area contributed by atoms with E-state index in [0.717, 1.165) is 21.3 Å². The number of amides is 1. The SMILES string of the molecule is CO[Si](CCCN(F)C(=O)C(F)(F)C(F)(F)C(F)(F)C(F)(F)C(F)(F)C(F)(F)C(F)(F)F)(OC)OC. The molecule has 0 aromatic carbocycles. The Morgan fingerprint density at radius 3 is 1.31 bits per heavy atom. The number of halogens is 16. The fourth-order valence-corrected chi connectivity index (χ4v) is 4.05. The van der Waals surface area contributed by atoms with E-state index >= 15 is 0 Å². The molecule has 0 fully saturated rings. The van der Waals surface area contributed by atoms with Crippen LogP contribution in [-0.2, 0) is 18.1 Å². The molecule has 0 bridgehead atoms. The monoisotopic (exact) mass is 593 g/mol. The summed E-state index contributed by atoms with van der Waals surface area (Å²) in [5.74, 6) is -53.2. The zero-order chi connectivity index (χ0) is 29.4. The summed E-state index contributed by atoms with van der Waals surface area (Å²) in [5, 5.41) is -1.94. The van der Waals surface area contributed by atoms with Gasteiger partial charge >= 0.3 is 56.4 Å². The number of alkyl halides is 15. The Balaban J connectivity index is 6.16. The topological polar surface area (TPSA) is 48.0 Å². The maximum absolute atomic E-state index is 13.7. The third-order valence-corrected chi connectivity index (χ3v) is 7.42. The third-order valence-electron chi connectivity index (χ3n) is 4.59. The lowest BCUT2D eigenvalue weighted by Crippen LogP contribution is -2.73. The highest BCUT2D eigenvalue weighted by atomic mass is 28.4. The van der Waals surface area contributed by atoms with Crippen LogP contribution in [0.3, 0.4) is 0 Å². The first-order chi connectivity index (χ1) is 15.7. The second-order valence-electron chi connectivity index (χ2n) is 6.73. The van der Waals surface area contributed by atoms with Crippen molar-refractivity contribution in [3.63, 3.8) is 0 Å². The summed E-state index contributed by atoms with van der Waals surface area (Å²) in [6.45, 7) is -1.69. The van der Waals surface area contributed by atoms with Gasteiger partial charge in [0.25, 0.3) is 0 Å². The van der Waals surface area contributed by atoms with E-state index in [9.17, 15) is 75.1 Å². The quantitative estimate of drug-likeness (QED) is 0.164. The average molecular weight is 593 g/mol. The smallest absolute Gasteiger partial charge is 0.377 e. The van der Waals surface area contributed by atoms with Gasteiger partial charge in [0.15, 0.2) is 0 Å². The largest absolute Gasteiger partial charge is 0.500 e. The molecule has 0 aliphatic carbocycles. The van der Waals surface area contributed by atoms with Crippen molar-refractivity contribution in [1.29, 1.82) is 0 Å². The molecule has 0 heterocycles. The summed E-state index contributed by atoms with van der Waals surface area (Å²) >= 11 is 0. The molecule has 1 amide bonds. The van der Waals surface area contributed by atoms with Gasteiger partial charge in [0.05, 0.1) is 6.54 Å². The molecule has 0 aromatic rings. The number of hydrogen-bond donors (Lipinski definition) is 0. The maximum Gasteiger partial charge on any atom is 0.500 e. The van der Waals surface area contributed by atoms with E-state index in [2.05, 4.69) is 0 Å². The molecule has 5 nitrogen and oxygen atoms in total. The van der Waals surface area contributed by atoms with Crippen molar-refractivity contribution in [2.45, 2.75) is 54.2 Å². The Bertz CT molecular complexity index is 762. The lowest BCUT2D eigenvalue weighted by Gasteiger charge is -2.41. The number of hydrogen-bond acceptors (Lipinski definition) is 4. The van der Waals surface area contributed by atoms with Crippen LogP contribution in [0.5, 0.6) is 0 Å². The first kappa shape index (κ1) is 34.4. The van der Waals surface area contributed by atoms with Crippen LogP contribution < -0.4 is 0 Å². The highest BCUT2D eigenvalue weighted by Crippen LogP contribution is 2.62. The minimum absolute atomic E-state index is 0.556. The Morgan fingerprint density at radius 2 is 0.972 bits per heavy atom. The Morgan fingerprint density at radius 1 is 0.639 bits per heavy atom. The van der Waals surface area contributed by atoms with Gasteiger partial charge in [0.2, 0.25) is 0 Å². The molecule has 0 unspecified atom stereocenters. The van der Waals surface area contributed by atoms with Crippen LogP contribution in [0.15, 0.2) is 0 Å². The molecule has 0 spiro atoms. The molecule has 36 heavy (non-hydrogen) atoms. The fraction of sp³-hybridized carbons (Fsp3) is 0.929. The van der Waals surface area contributed by atoms with Crippen molar-refractivity contribution < 1.29 is 88.4 Å². The molecular formula is C14H15F16NO4Si. The molecule has 0 aromatic heterocycles. The van der Waals surface area contributed by atoms with Gasteiger partial charge < -0.3 is 13.3 Å². The molecule has 22 heteroatoms. The van der Waals surface area contributed by atoms with Gasteiger partial charge in [-0.2, -0.15) is 71.0 Å². The van der Waals surface area contributed by atoms with Crippen LogP contribution in [0.2, 0.25) is 6.04 Å². The van der Waals surface area contributed by atoms with Crippen LogP contribution in [0.25, 0.3) is 0 Å². The number of nitrogens with zero attached hydrogens (tertiary/aromatic N) is 1. The molecule has 0 atom stereocenters. The van der Waals surface area contributed by atoms with E-state index in [4.69, 9.17) is 13.3 Å². The zero-order valence-corrected chi connectivity index (χ0v) is 18.7. The van der Waals surface area contributed by atoms with Crippen molar-refractivity contribution in [2.24, 2.45) is 0 Å². The second-order valence-corrected chi connectivity index (χ2v) is 9.82. The van der Waals surface area contributed by atoms with Crippen molar-refractivity contribution in [3.05, 3.63) is 0 Å². The van der Waals surface area contributed by atoms with E-state index < -0.39 is 80.6 Å². The highest BCUT2D eigenvalue weighted by molar-refractivity contribution is 6.60. The molecule has 0 aliphatic rings. The average Bonchev–Trinajstić information content (AvgIpc) is 2.74. The molecule has 0 rings (SSSR count). The van der Waals surface area contributed by atoms with Crippen LogP contribution >= 0.6 is 0 Å². The molecule has 0 radical (unpaired) electrons. The summed E-state index contributed by atoms with van der Waals surface area (Å²) in [4.78, 5) is 11.3. The minimum atomic E-state index is -8.58. The molecular weight excluding hydrogens is 578 g/mol. The van der Waals surface area contributed by atoms with Crippen LogP contribution in [0, 0.1) is 0 Å². The van der Waals surface area contributed by atoms with Crippen LogP contribution in [-0.4, -0.2) is 89.4 Å². The molecule has 0 N–H and O–H groups in total.